The van der Waals surface area contributed by atoms with Crippen LogP contribution in [0.25, 0.3) is 0 Å². The van der Waals surface area contributed by atoms with Crippen LogP contribution in [0.2, 0.25) is 0 Å². The molecule has 0 bridgehead atoms. The average Bonchev–Trinajstić information content (AvgIpc) is 2.26. The van der Waals surface area contributed by atoms with E-state index < -0.39 is 0 Å². The molecule has 1 rings (SSSR count). The summed E-state index contributed by atoms with van der Waals surface area (Å²) in [6.45, 7) is 1.54. The number of nitrogens with two attached hydrogens (primary N) is 1. The van der Waals surface area contributed by atoms with Crippen molar-refractivity contribution in [3.63, 3.8) is 0 Å². The summed E-state index contributed by atoms with van der Waals surface area (Å²) < 4.78 is 5.80. The Labute approximate surface area is 97.6 Å². The number of nitrogens with one attached hydrogen (secondary N) is 1. The molecule has 0 aliphatic heterocycles. The zero-order valence-corrected chi connectivity index (χ0v) is 10.2. The van der Waals surface area contributed by atoms with Crippen molar-refractivity contribution < 1.29 is 4.74 Å². The van der Waals surface area contributed by atoms with E-state index >= 15 is 0 Å². The van der Waals surface area contributed by atoms with Crippen molar-refractivity contribution in [2.45, 2.75) is 12.8 Å². The first-order valence-corrected chi connectivity index (χ1v) is 5.57. The maximum absolute atomic E-state index is 5.39. The predicted molar refractivity (Wildman–Crippen MR) is 63.1 cm³/mol. The number of hydrogen-bond donors (Lipinski definition) is 2. The van der Waals surface area contributed by atoms with E-state index in [0.29, 0.717) is 18.4 Å². The predicted octanol–water partition coefficient (Wildman–Crippen LogP) is 1.40. The summed E-state index contributed by atoms with van der Waals surface area (Å²) in [5.74, 6) is 1.11. The van der Waals surface area contributed by atoms with E-state index in [1.54, 1.807) is 13.3 Å². The van der Waals surface area contributed by atoms with Crippen molar-refractivity contribution in [2.75, 3.05) is 25.5 Å². The standard InChI is InChI=1S/C9H15BrN4O/c1-15-8-7(10)6-13-9(14-8)12-5-3-2-4-11/h6H,2-5,11H2,1H3,(H,12,13,14). The van der Waals surface area contributed by atoms with Gasteiger partial charge in [0.2, 0.25) is 11.8 Å². The first kappa shape index (κ1) is 12.2. The number of halogens is 1. The molecule has 0 amide bonds. The molecule has 0 aromatic carbocycles. The number of unbranched alkanes of at least 4 members (excludes halogenated alkanes) is 1. The van der Waals surface area contributed by atoms with Crippen LogP contribution in [0.15, 0.2) is 10.7 Å². The maximum Gasteiger partial charge on any atom is 0.232 e. The van der Waals surface area contributed by atoms with Crippen LogP contribution in [-0.2, 0) is 0 Å². The van der Waals surface area contributed by atoms with Crippen molar-refractivity contribution in [2.24, 2.45) is 5.73 Å². The van der Waals surface area contributed by atoms with Crippen LogP contribution in [0.5, 0.6) is 5.88 Å². The highest BCUT2D eigenvalue weighted by Crippen LogP contribution is 2.21. The van der Waals surface area contributed by atoms with E-state index in [1.165, 1.54) is 0 Å². The molecule has 1 aromatic rings. The molecule has 0 aliphatic rings. The van der Waals surface area contributed by atoms with E-state index in [2.05, 4.69) is 31.2 Å². The van der Waals surface area contributed by atoms with Crippen LogP contribution < -0.4 is 15.8 Å². The SMILES string of the molecule is COc1nc(NCCCCN)ncc1Br. The molecule has 0 aliphatic carbocycles. The fraction of sp³-hybridized carbons (Fsp3) is 0.556. The van der Waals surface area contributed by atoms with E-state index in [0.717, 1.165) is 23.9 Å². The Bertz CT molecular complexity index is 308. The van der Waals surface area contributed by atoms with Gasteiger partial charge in [0.15, 0.2) is 0 Å². The Morgan fingerprint density at radius 1 is 1.53 bits per heavy atom. The van der Waals surface area contributed by atoms with Gasteiger partial charge in [-0.3, -0.25) is 0 Å². The average molecular weight is 275 g/mol. The molecule has 0 radical (unpaired) electrons. The van der Waals surface area contributed by atoms with E-state index in [9.17, 15) is 0 Å². The summed E-state index contributed by atoms with van der Waals surface area (Å²) >= 11 is 3.29. The minimum absolute atomic E-state index is 0.534. The first-order chi connectivity index (χ1) is 7.27. The van der Waals surface area contributed by atoms with Gasteiger partial charge in [-0.25, -0.2) is 4.98 Å². The third-order valence-corrected chi connectivity index (χ3v) is 2.36. The Kier molecular flexibility index (Phi) is 5.34. The number of aromatic nitrogens is 2. The molecule has 84 valence electrons. The van der Waals surface area contributed by atoms with Gasteiger partial charge in [0.05, 0.1) is 17.8 Å². The quantitative estimate of drug-likeness (QED) is 0.768. The summed E-state index contributed by atoms with van der Waals surface area (Å²) in [5, 5.41) is 3.10. The van der Waals surface area contributed by atoms with Crippen molar-refractivity contribution in [1.29, 1.82) is 0 Å². The molecule has 1 heterocycles. The molecule has 0 saturated heterocycles. The number of rotatable bonds is 6. The Morgan fingerprint density at radius 3 is 3.00 bits per heavy atom. The largest absolute Gasteiger partial charge is 0.480 e. The molecular weight excluding hydrogens is 260 g/mol. The van der Waals surface area contributed by atoms with E-state index in [-0.39, 0.29) is 0 Å². The topological polar surface area (TPSA) is 73.1 Å². The first-order valence-electron chi connectivity index (χ1n) is 4.78. The third kappa shape index (κ3) is 4.01. The third-order valence-electron chi connectivity index (χ3n) is 1.82. The molecule has 0 fully saturated rings. The lowest BCUT2D eigenvalue weighted by atomic mass is 10.3. The number of nitrogens with zero attached hydrogens (tertiary/aromatic N) is 2. The summed E-state index contributed by atoms with van der Waals surface area (Å²) in [4.78, 5) is 8.27. The van der Waals surface area contributed by atoms with Crippen LogP contribution in [-0.4, -0.2) is 30.2 Å². The lowest BCUT2D eigenvalue weighted by Gasteiger charge is -2.06. The molecule has 0 spiro atoms. The molecule has 5 nitrogen and oxygen atoms in total. The summed E-state index contributed by atoms with van der Waals surface area (Å²) in [6.07, 6.45) is 3.68. The minimum atomic E-state index is 0.534. The highest BCUT2D eigenvalue weighted by atomic mass is 79.9. The molecule has 15 heavy (non-hydrogen) atoms. The second kappa shape index (κ2) is 6.58. The highest BCUT2D eigenvalue weighted by molar-refractivity contribution is 9.10. The van der Waals surface area contributed by atoms with Crippen LogP contribution in [0.4, 0.5) is 5.95 Å². The van der Waals surface area contributed by atoms with Crippen LogP contribution in [0.3, 0.4) is 0 Å². The molecule has 0 atom stereocenters. The van der Waals surface area contributed by atoms with Crippen molar-refractivity contribution in [1.82, 2.24) is 9.97 Å². The van der Waals surface area contributed by atoms with Gasteiger partial charge in [0.25, 0.3) is 0 Å². The molecule has 6 heteroatoms. The molecule has 0 unspecified atom stereocenters. The van der Waals surface area contributed by atoms with Crippen molar-refractivity contribution >= 4 is 21.9 Å². The van der Waals surface area contributed by atoms with Crippen LogP contribution in [0.1, 0.15) is 12.8 Å². The van der Waals surface area contributed by atoms with Gasteiger partial charge in [-0.1, -0.05) is 0 Å². The second-order valence-electron chi connectivity index (χ2n) is 2.97. The van der Waals surface area contributed by atoms with E-state index in [1.807, 2.05) is 0 Å². The Balaban J connectivity index is 2.47. The molecule has 0 saturated carbocycles. The molecule has 1 aromatic heterocycles. The van der Waals surface area contributed by atoms with Crippen molar-refractivity contribution in [3.8, 4) is 5.88 Å². The van der Waals surface area contributed by atoms with Gasteiger partial charge in [0.1, 0.15) is 0 Å². The zero-order valence-electron chi connectivity index (χ0n) is 8.66. The normalized spacial score (nSPS) is 10.1. The van der Waals surface area contributed by atoms with Gasteiger partial charge in [0, 0.05) is 6.54 Å². The second-order valence-corrected chi connectivity index (χ2v) is 3.83. The van der Waals surface area contributed by atoms with Crippen LogP contribution >= 0.6 is 15.9 Å². The fourth-order valence-corrected chi connectivity index (χ4v) is 1.40. The summed E-state index contributed by atoms with van der Waals surface area (Å²) in [7, 11) is 1.57. The minimum Gasteiger partial charge on any atom is -0.480 e. The summed E-state index contributed by atoms with van der Waals surface area (Å²) in [6, 6.07) is 0. The summed E-state index contributed by atoms with van der Waals surface area (Å²) in [5.41, 5.74) is 5.39. The van der Waals surface area contributed by atoms with Gasteiger partial charge >= 0.3 is 0 Å². The highest BCUT2D eigenvalue weighted by Gasteiger charge is 2.03. The number of ether oxygens (including phenoxy) is 1. The Morgan fingerprint density at radius 2 is 2.33 bits per heavy atom. The maximum atomic E-state index is 5.39. The smallest absolute Gasteiger partial charge is 0.232 e. The van der Waals surface area contributed by atoms with Gasteiger partial charge in [-0.05, 0) is 35.3 Å². The van der Waals surface area contributed by atoms with Crippen LogP contribution in [0, 0.1) is 0 Å². The Hall–Kier alpha value is -0.880. The lowest BCUT2D eigenvalue weighted by molar-refractivity contribution is 0.394. The number of methoxy groups -OCH3 is 1. The monoisotopic (exact) mass is 274 g/mol. The van der Waals surface area contributed by atoms with E-state index in [4.69, 9.17) is 10.5 Å². The van der Waals surface area contributed by atoms with Gasteiger partial charge in [-0.2, -0.15) is 4.98 Å². The lowest BCUT2D eigenvalue weighted by Crippen LogP contribution is -2.08. The molecule has 3 N–H and O–H groups in total. The fourth-order valence-electron chi connectivity index (χ4n) is 1.05. The zero-order chi connectivity index (χ0) is 11.1. The number of hydrogen-bond acceptors (Lipinski definition) is 5. The van der Waals surface area contributed by atoms with Gasteiger partial charge < -0.3 is 15.8 Å². The molecular formula is C9H15BrN4O. The van der Waals surface area contributed by atoms with Gasteiger partial charge in [-0.15, -0.1) is 0 Å². The number of anilines is 1. The van der Waals surface area contributed by atoms with Crippen molar-refractivity contribution in [3.05, 3.63) is 10.7 Å².